The summed E-state index contributed by atoms with van der Waals surface area (Å²) in [6.45, 7) is 9.18. The maximum Gasteiger partial charge on any atom is 0.238 e. The Morgan fingerprint density at radius 2 is 1.88 bits per heavy atom. The molecule has 1 saturated carbocycles. The molecule has 2 N–H and O–H groups in total. The van der Waals surface area contributed by atoms with Gasteiger partial charge < -0.3 is 15.1 Å². The monoisotopic (exact) mass is 326 g/mol. The summed E-state index contributed by atoms with van der Waals surface area (Å²) in [6, 6.07) is 8.22. The van der Waals surface area contributed by atoms with Gasteiger partial charge in [0, 0.05) is 11.6 Å². The zero-order valence-corrected chi connectivity index (χ0v) is 14.9. The highest BCUT2D eigenvalue weighted by Crippen LogP contribution is 2.47. The lowest BCUT2D eigenvalue weighted by atomic mass is 10.1. The van der Waals surface area contributed by atoms with Gasteiger partial charge in [-0.3, -0.25) is 4.79 Å². The lowest BCUT2D eigenvalue weighted by molar-refractivity contribution is -0.115. The first-order valence-electron chi connectivity index (χ1n) is 8.61. The van der Waals surface area contributed by atoms with E-state index in [0.717, 1.165) is 34.3 Å². The van der Waals surface area contributed by atoms with E-state index in [0.29, 0.717) is 12.5 Å². The molecule has 2 unspecified atom stereocenters. The van der Waals surface area contributed by atoms with E-state index in [1.165, 1.54) is 12.0 Å². The molecule has 1 aromatic heterocycles. The molecule has 4 heteroatoms. The highest BCUT2D eigenvalue weighted by molar-refractivity contribution is 5.93. The van der Waals surface area contributed by atoms with Crippen LogP contribution in [0.15, 0.2) is 28.7 Å². The van der Waals surface area contributed by atoms with E-state index in [-0.39, 0.29) is 12.5 Å². The van der Waals surface area contributed by atoms with Crippen molar-refractivity contribution in [3.05, 3.63) is 52.5 Å². The second kappa shape index (κ2) is 6.81. The summed E-state index contributed by atoms with van der Waals surface area (Å²) in [4.78, 5) is 12.2. The smallest absolute Gasteiger partial charge is 0.238 e. The zero-order chi connectivity index (χ0) is 17.3. The Morgan fingerprint density at radius 1 is 1.21 bits per heavy atom. The van der Waals surface area contributed by atoms with Crippen LogP contribution in [0.4, 0.5) is 5.69 Å². The minimum Gasteiger partial charge on any atom is -0.464 e. The van der Waals surface area contributed by atoms with Gasteiger partial charge >= 0.3 is 0 Å². The minimum atomic E-state index is -0.0346. The number of amides is 1. The average Bonchev–Trinajstić information content (AvgIpc) is 3.05. The first-order valence-corrected chi connectivity index (χ1v) is 8.61. The zero-order valence-electron chi connectivity index (χ0n) is 14.9. The fourth-order valence-corrected chi connectivity index (χ4v) is 3.27. The normalized spacial score (nSPS) is 19.3. The van der Waals surface area contributed by atoms with Crippen LogP contribution in [0.5, 0.6) is 0 Å². The highest BCUT2D eigenvalue weighted by Gasteiger charge is 2.36. The molecule has 1 heterocycles. The molecule has 0 aliphatic heterocycles. The van der Waals surface area contributed by atoms with Crippen molar-refractivity contribution in [2.24, 2.45) is 5.92 Å². The second-order valence-electron chi connectivity index (χ2n) is 7.05. The number of anilines is 1. The number of benzene rings is 1. The third kappa shape index (κ3) is 3.88. The topological polar surface area (TPSA) is 54.3 Å². The van der Waals surface area contributed by atoms with Crippen molar-refractivity contribution >= 4 is 11.6 Å². The van der Waals surface area contributed by atoms with Crippen molar-refractivity contribution in [1.82, 2.24) is 5.32 Å². The number of carbonyl (C=O) groups excluding carboxylic acids is 1. The van der Waals surface area contributed by atoms with E-state index in [2.05, 4.69) is 42.7 Å². The Bertz CT molecular complexity index is 725. The van der Waals surface area contributed by atoms with Crippen LogP contribution < -0.4 is 10.6 Å². The van der Waals surface area contributed by atoms with Gasteiger partial charge in [0.2, 0.25) is 5.91 Å². The molecule has 128 valence electrons. The van der Waals surface area contributed by atoms with E-state index in [1.807, 2.05) is 19.9 Å². The number of nitrogens with one attached hydrogen (secondary N) is 2. The van der Waals surface area contributed by atoms with Crippen molar-refractivity contribution in [3.8, 4) is 0 Å². The molecule has 1 aliphatic carbocycles. The van der Waals surface area contributed by atoms with Crippen molar-refractivity contribution in [2.45, 2.75) is 46.6 Å². The van der Waals surface area contributed by atoms with Crippen molar-refractivity contribution in [2.75, 3.05) is 11.9 Å². The van der Waals surface area contributed by atoms with Crippen LogP contribution in [-0.2, 0) is 11.3 Å². The number of aryl methyl sites for hydroxylation is 3. The van der Waals surface area contributed by atoms with Crippen molar-refractivity contribution < 1.29 is 9.21 Å². The summed E-state index contributed by atoms with van der Waals surface area (Å²) in [5.74, 6) is 3.26. The van der Waals surface area contributed by atoms with Gasteiger partial charge in [0.25, 0.3) is 0 Å². The van der Waals surface area contributed by atoms with Gasteiger partial charge in [-0.05, 0) is 56.4 Å². The van der Waals surface area contributed by atoms with Crippen LogP contribution in [-0.4, -0.2) is 12.5 Å². The van der Waals surface area contributed by atoms with Gasteiger partial charge in [0.05, 0.1) is 13.1 Å². The van der Waals surface area contributed by atoms with Crippen molar-refractivity contribution in [1.29, 1.82) is 0 Å². The number of furan rings is 1. The lowest BCUT2D eigenvalue weighted by Crippen LogP contribution is -2.28. The van der Waals surface area contributed by atoms with Crippen LogP contribution in [0.2, 0.25) is 0 Å². The Balaban J connectivity index is 1.48. The summed E-state index contributed by atoms with van der Waals surface area (Å²) in [5.41, 5.74) is 4.31. The van der Waals surface area contributed by atoms with E-state index in [1.54, 1.807) is 0 Å². The summed E-state index contributed by atoms with van der Waals surface area (Å²) < 4.78 is 5.84. The van der Waals surface area contributed by atoms with Crippen LogP contribution in [0.25, 0.3) is 0 Å². The van der Waals surface area contributed by atoms with E-state index < -0.39 is 0 Å². The molecule has 24 heavy (non-hydrogen) atoms. The van der Waals surface area contributed by atoms with E-state index in [4.69, 9.17) is 4.42 Å². The largest absolute Gasteiger partial charge is 0.464 e. The molecule has 0 spiro atoms. The maximum atomic E-state index is 12.2. The number of rotatable bonds is 6. The van der Waals surface area contributed by atoms with E-state index >= 15 is 0 Å². The van der Waals surface area contributed by atoms with Gasteiger partial charge in [-0.1, -0.05) is 24.6 Å². The fourth-order valence-electron chi connectivity index (χ4n) is 3.27. The number of hydrogen-bond acceptors (Lipinski definition) is 3. The third-order valence-corrected chi connectivity index (χ3v) is 4.68. The Hall–Kier alpha value is -2.07. The van der Waals surface area contributed by atoms with Crippen LogP contribution >= 0.6 is 0 Å². The van der Waals surface area contributed by atoms with Gasteiger partial charge in [0.15, 0.2) is 0 Å². The molecule has 0 saturated heterocycles. The summed E-state index contributed by atoms with van der Waals surface area (Å²) in [6.07, 6.45) is 1.22. The number of carbonyl (C=O) groups is 1. The first kappa shape index (κ1) is 16.8. The Kier molecular flexibility index (Phi) is 4.76. The van der Waals surface area contributed by atoms with Gasteiger partial charge in [-0.15, -0.1) is 0 Å². The molecule has 0 bridgehead atoms. The maximum absolute atomic E-state index is 12.2. The van der Waals surface area contributed by atoms with Gasteiger partial charge in [0.1, 0.15) is 11.5 Å². The van der Waals surface area contributed by atoms with Gasteiger partial charge in [-0.2, -0.15) is 0 Å². The standard InChI is InChI=1S/C20H26N2O2/c1-12-7-14(3)20(15(4)8-12)22-19(23)11-21-10-16-5-6-18(24-16)17-9-13(17)2/h5-8,13,17,21H,9-11H2,1-4H3,(H,22,23). The highest BCUT2D eigenvalue weighted by atomic mass is 16.3. The number of hydrogen-bond donors (Lipinski definition) is 2. The van der Waals surface area contributed by atoms with Crippen LogP contribution in [0.3, 0.4) is 0 Å². The molecule has 1 fully saturated rings. The molecule has 2 aromatic rings. The minimum absolute atomic E-state index is 0.0346. The average molecular weight is 326 g/mol. The lowest BCUT2D eigenvalue weighted by Gasteiger charge is -2.13. The van der Waals surface area contributed by atoms with Crippen LogP contribution in [0, 0.1) is 26.7 Å². The molecule has 3 rings (SSSR count). The van der Waals surface area contributed by atoms with E-state index in [9.17, 15) is 4.79 Å². The third-order valence-electron chi connectivity index (χ3n) is 4.68. The summed E-state index contributed by atoms with van der Waals surface area (Å²) in [5, 5.41) is 6.15. The Labute approximate surface area is 143 Å². The molecule has 2 atom stereocenters. The molecule has 4 nitrogen and oxygen atoms in total. The molecule has 1 aliphatic rings. The second-order valence-corrected chi connectivity index (χ2v) is 7.05. The Morgan fingerprint density at radius 3 is 2.50 bits per heavy atom. The molecule has 0 radical (unpaired) electrons. The molecule has 1 aromatic carbocycles. The predicted molar refractivity (Wildman–Crippen MR) is 96.2 cm³/mol. The predicted octanol–water partition coefficient (Wildman–Crippen LogP) is 4.06. The summed E-state index contributed by atoms with van der Waals surface area (Å²) in [7, 11) is 0. The SMILES string of the molecule is Cc1cc(C)c(NC(=O)CNCc2ccc(C3CC3C)o2)c(C)c1. The fraction of sp³-hybridized carbons (Fsp3) is 0.450. The first-order chi connectivity index (χ1) is 11.4. The molecular formula is C20H26N2O2. The van der Waals surface area contributed by atoms with Gasteiger partial charge in [-0.25, -0.2) is 0 Å². The van der Waals surface area contributed by atoms with Crippen molar-refractivity contribution in [3.63, 3.8) is 0 Å². The summed E-state index contributed by atoms with van der Waals surface area (Å²) >= 11 is 0. The molecular weight excluding hydrogens is 300 g/mol. The molecule has 1 amide bonds. The quantitative estimate of drug-likeness (QED) is 0.842. The van der Waals surface area contributed by atoms with Crippen LogP contribution in [0.1, 0.15) is 47.5 Å².